The van der Waals surface area contributed by atoms with Crippen molar-refractivity contribution in [1.82, 2.24) is 19.6 Å². The molecule has 0 spiro atoms. The monoisotopic (exact) mass is 531 g/mol. The maximum Gasteiger partial charge on any atom is 0.253 e. The van der Waals surface area contributed by atoms with E-state index in [0.717, 1.165) is 38.2 Å². The second-order valence-electron chi connectivity index (χ2n) is 9.82. The summed E-state index contributed by atoms with van der Waals surface area (Å²) in [5.41, 5.74) is 11.6. The summed E-state index contributed by atoms with van der Waals surface area (Å²) in [6.07, 6.45) is -0.660. The van der Waals surface area contributed by atoms with E-state index in [1.165, 1.54) is 4.90 Å². The molecular weight excluding hydrogens is 505 g/mol. The smallest absolute Gasteiger partial charge is 0.253 e. The Morgan fingerprint density at radius 2 is 2.00 bits per heavy atom. The Balaban J connectivity index is 1.62. The number of primary amides is 1. The molecule has 3 aromatic heterocycles. The van der Waals surface area contributed by atoms with Crippen molar-refractivity contribution in [1.29, 1.82) is 0 Å². The van der Waals surface area contributed by atoms with Crippen molar-refractivity contribution in [3.8, 4) is 11.1 Å². The average molecular weight is 532 g/mol. The van der Waals surface area contributed by atoms with E-state index in [1.54, 1.807) is 29.5 Å². The van der Waals surface area contributed by atoms with E-state index >= 15 is 0 Å². The molecule has 1 aliphatic rings. The number of alkyl halides is 1. The van der Waals surface area contributed by atoms with Gasteiger partial charge >= 0.3 is 0 Å². The fraction of sp³-hybridized carbons (Fsp3) is 0.286. The summed E-state index contributed by atoms with van der Waals surface area (Å²) < 4.78 is 21.3. The van der Waals surface area contributed by atoms with Crippen LogP contribution in [0.15, 0.2) is 40.2 Å². The Kier molecular flexibility index (Phi) is 5.79. The molecule has 194 valence electrons. The van der Waals surface area contributed by atoms with Crippen LogP contribution in [0.2, 0.25) is 0 Å². The van der Waals surface area contributed by atoms with Crippen LogP contribution in [0.3, 0.4) is 0 Å². The molecule has 8 nitrogen and oxygen atoms in total. The van der Waals surface area contributed by atoms with E-state index < -0.39 is 12.1 Å². The largest absolute Gasteiger partial charge is 0.366 e. The van der Waals surface area contributed by atoms with Crippen LogP contribution in [0, 0.1) is 20.8 Å². The first kappa shape index (κ1) is 24.3. The van der Waals surface area contributed by atoms with Gasteiger partial charge in [-0.3, -0.25) is 9.59 Å². The predicted octanol–water partition coefficient (Wildman–Crippen LogP) is 5.16. The van der Waals surface area contributed by atoms with Crippen molar-refractivity contribution in [2.75, 3.05) is 13.1 Å². The van der Waals surface area contributed by atoms with Crippen LogP contribution in [-0.4, -0.2) is 50.7 Å². The topological polar surface area (TPSA) is 107 Å². The van der Waals surface area contributed by atoms with E-state index in [1.807, 2.05) is 38.3 Å². The number of rotatable bonds is 5. The van der Waals surface area contributed by atoms with Gasteiger partial charge in [0.2, 0.25) is 5.91 Å². The summed E-state index contributed by atoms with van der Waals surface area (Å²) in [5.74, 6) is -0.166. The lowest BCUT2D eigenvalue weighted by molar-refractivity contribution is 0.0782. The van der Waals surface area contributed by atoms with Gasteiger partial charge in [0.05, 0.1) is 24.3 Å². The molecule has 2 N–H and O–H groups in total. The molecule has 0 radical (unpaired) electrons. The number of hydrogen-bond acceptors (Lipinski definition) is 6. The number of amides is 2. The third kappa shape index (κ3) is 3.96. The third-order valence-corrected chi connectivity index (χ3v) is 8.13. The highest BCUT2D eigenvalue weighted by molar-refractivity contribution is 7.09. The van der Waals surface area contributed by atoms with E-state index in [-0.39, 0.29) is 12.5 Å². The average Bonchev–Trinajstić information content (AvgIpc) is 3.65. The van der Waals surface area contributed by atoms with E-state index in [2.05, 4.69) is 14.7 Å². The number of carbonyl (C=O) groups is 2. The number of nitrogens with two attached hydrogens (primary N) is 1. The van der Waals surface area contributed by atoms with Crippen molar-refractivity contribution in [3.63, 3.8) is 0 Å². The highest BCUT2D eigenvalue weighted by Crippen LogP contribution is 2.38. The highest BCUT2D eigenvalue weighted by Gasteiger charge is 2.28. The van der Waals surface area contributed by atoms with Crippen LogP contribution < -0.4 is 5.73 Å². The second-order valence-corrected chi connectivity index (χ2v) is 10.8. The fourth-order valence-electron chi connectivity index (χ4n) is 5.46. The van der Waals surface area contributed by atoms with Gasteiger partial charge in [-0.1, -0.05) is 5.16 Å². The van der Waals surface area contributed by atoms with Crippen LogP contribution in [0.1, 0.15) is 49.3 Å². The van der Waals surface area contributed by atoms with Crippen molar-refractivity contribution in [2.24, 2.45) is 5.73 Å². The zero-order valence-corrected chi connectivity index (χ0v) is 22.1. The number of aromatic nitrogens is 3. The molecule has 5 aromatic rings. The highest BCUT2D eigenvalue weighted by atomic mass is 32.1. The maximum atomic E-state index is 13.8. The summed E-state index contributed by atoms with van der Waals surface area (Å²) in [5, 5.41) is 8.39. The van der Waals surface area contributed by atoms with Gasteiger partial charge in [0, 0.05) is 50.6 Å². The van der Waals surface area contributed by atoms with Crippen molar-refractivity contribution >= 4 is 45.0 Å². The first-order chi connectivity index (χ1) is 18.2. The summed E-state index contributed by atoms with van der Waals surface area (Å²) >= 11 is 1.56. The second kappa shape index (κ2) is 9.05. The fourth-order valence-corrected chi connectivity index (χ4v) is 6.22. The molecule has 38 heavy (non-hydrogen) atoms. The quantitative estimate of drug-likeness (QED) is 0.337. The number of benzene rings is 2. The Morgan fingerprint density at radius 1 is 1.18 bits per heavy atom. The molecule has 0 aliphatic carbocycles. The van der Waals surface area contributed by atoms with Gasteiger partial charge in [-0.2, -0.15) is 0 Å². The van der Waals surface area contributed by atoms with Gasteiger partial charge < -0.3 is 19.7 Å². The lowest BCUT2D eigenvalue weighted by Gasteiger charge is -2.15. The Morgan fingerprint density at radius 3 is 2.63 bits per heavy atom. The molecule has 0 saturated carbocycles. The summed E-state index contributed by atoms with van der Waals surface area (Å²) in [6.45, 7) is 6.59. The number of fused-ring (bicyclic) bond motifs is 3. The van der Waals surface area contributed by atoms with Gasteiger partial charge in [0.1, 0.15) is 16.9 Å². The maximum absolute atomic E-state index is 13.8. The van der Waals surface area contributed by atoms with E-state index in [9.17, 15) is 14.0 Å². The Bertz CT molecular complexity index is 1730. The predicted molar refractivity (Wildman–Crippen MR) is 144 cm³/mol. The molecule has 4 heterocycles. The first-order valence-electron chi connectivity index (χ1n) is 12.4. The van der Waals surface area contributed by atoms with Gasteiger partial charge in [0.25, 0.3) is 5.91 Å². The molecule has 2 aromatic carbocycles. The molecule has 0 unspecified atom stereocenters. The van der Waals surface area contributed by atoms with Gasteiger partial charge in [-0.15, -0.1) is 11.3 Å². The van der Waals surface area contributed by atoms with Gasteiger partial charge in [0.15, 0.2) is 0 Å². The molecule has 0 bridgehead atoms. The minimum absolute atomic E-state index is 0.0926. The molecule has 6 rings (SSSR count). The number of carbonyl (C=O) groups excluding carboxylic acids is 2. The van der Waals surface area contributed by atoms with Crippen LogP contribution >= 0.6 is 11.3 Å². The minimum Gasteiger partial charge on any atom is -0.366 e. The lowest BCUT2D eigenvalue weighted by atomic mass is 9.97. The summed E-state index contributed by atoms with van der Waals surface area (Å²) in [4.78, 5) is 32.2. The SMILES string of the molecule is Cc1csc(Cn2c3ccc(C(=O)N4CC[C@H](F)C4)cc3c3c(C(N)=O)cc(-c4c(C)noc4C)cc32)n1. The van der Waals surface area contributed by atoms with Gasteiger partial charge in [-0.25, -0.2) is 9.37 Å². The van der Waals surface area contributed by atoms with Crippen LogP contribution in [0.5, 0.6) is 0 Å². The third-order valence-electron chi connectivity index (χ3n) is 7.18. The molecule has 2 amide bonds. The van der Waals surface area contributed by atoms with Crippen LogP contribution in [0.25, 0.3) is 32.9 Å². The summed E-state index contributed by atoms with van der Waals surface area (Å²) in [6, 6.07) is 9.20. The number of likely N-dealkylation sites (tertiary alicyclic amines) is 1. The van der Waals surface area contributed by atoms with E-state index in [0.29, 0.717) is 47.5 Å². The lowest BCUT2D eigenvalue weighted by Crippen LogP contribution is -2.28. The standard InChI is InChI=1S/C28H26FN5O3S/c1-14-13-38-24(31-14)12-34-22-5-4-17(28(36)33-7-6-19(29)11-33)8-20(22)26-21(27(30)35)9-18(10-23(26)34)25-15(2)32-37-16(25)3/h4-5,8-10,13,19H,6-7,11-12H2,1-3H3,(H2,30,35)/t19-/m0/s1. The number of nitrogens with zero attached hydrogens (tertiary/aromatic N) is 4. The minimum atomic E-state index is -1.00. The van der Waals surface area contributed by atoms with Crippen molar-refractivity contribution in [2.45, 2.75) is 39.9 Å². The Labute approximate surface area is 221 Å². The molecule has 1 aliphatic heterocycles. The number of hydrogen-bond donors (Lipinski definition) is 1. The van der Waals surface area contributed by atoms with Crippen LogP contribution in [-0.2, 0) is 6.54 Å². The summed E-state index contributed by atoms with van der Waals surface area (Å²) in [7, 11) is 0. The molecule has 1 fully saturated rings. The molecule has 1 saturated heterocycles. The Hall–Kier alpha value is -4.05. The normalized spacial score (nSPS) is 15.7. The van der Waals surface area contributed by atoms with Gasteiger partial charge in [-0.05, 0) is 63.1 Å². The van der Waals surface area contributed by atoms with Crippen LogP contribution in [0.4, 0.5) is 4.39 Å². The number of halogens is 1. The zero-order chi connectivity index (χ0) is 26.7. The van der Waals surface area contributed by atoms with Crippen molar-refractivity contribution in [3.05, 3.63) is 69.0 Å². The first-order valence-corrected chi connectivity index (χ1v) is 13.3. The van der Waals surface area contributed by atoms with E-state index in [4.69, 9.17) is 10.3 Å². The number of aryl methyl sites for hydroxylation is 3. The zero-order valence-electron chi connectivity index (χ0n) is 21.2. The van der Waals surface area contributed by atoms with Crippen molar-refractivity contribution < 1.29 is 18.5 Å². The number of thiazole rings is 1. The molecular formula is C28H26FN5O3S. The molecule has 1 atom stereocenters. The molecule has 10 heteroatoms.